The molecule has 6 heteroatoms. The highest BCUT2D eigenvalue weighted by Gasteiger charge is 2.32. The Morgan fingerprint density at radius 3 is 3.17 bits per heavy atom. The van der Waals surface area contributed by atoms with Crippen molar-refractivity contribution in [1.29, 1.82) is 0 Å². The zero-order chi connectivity index (χ0) is 13.1. The minimum atomic E-state index is -0.749. The Kier molecular flexibility index (Phi) is 4.50. The maximum Gasteiger partial charge on any atom is 0.312 e. The van der Waals surface area contributed by atoms with Gasteiger partial charge in [0.1, 0.15) is 5.92 Å². The molecule has 1 aromatic rings. The Morgan fingerprint density at radius 1 is 1.72 bits per heavy atom. The number of carboxylic acid groups (broad SMARTS) is 1. The summed E-state index contributed by atoms with van der Waals surface area (Å²) in [6.07, 6.45) is 3.66. The van der Waals surface area contributed by atoms with Gasteiger partial charge in [-0.1, -0.05) is 6.92 Å². The van der Waals surface area contributed by atoms with Crippen LogP contribution in [0.3, 0.4) is 0 Å². The van der Waals surface area contributed by atoms with Gasteiger partial charge in [0, 0.05) is 11.4 Å². The Hall–Kier alpha value is -0.750. The lowest BCUT2D eigenvalue weighted by atomic mass is 10.1. The fraction of sp³-hybridized carbons (Fsp3) is 0.667. The van der Waals surface area contributed by atoms with Crippen molar-refractivity contribution in [3.63, 3.8) is 0 Å². The summed E-state index contributed by atoms with van der Waals surface area (Å²) in [4.78, 5) is 16.7. The summed E-state index contributed by atoms with van der Waals surface area (Å²) in [5.41, 5.74) is 0.785. The number of rotatable bonds is 6. The van der Waals surface area contributed by atoms with E-state index in [9.17, 15) is 4.79 Å². The molecule has 0 fully saturated rings. The Labute approximate surface area is 115 Å². The van der Waals surface area contributed by atoms with Crippen LogP contribution >= 0.6 is 23.1 Å². The number of fused-ring (bicyclic) bond motifs is 1. The van der Waals surface area contributed by atoms with Gasteiger partial charge in [-0.05, 0) is 30.8 Å². The molecule has 0 spiro atoms. The van der Waals surface area contributed by atoms with E-state index in [0.29, 0.717) is 12.3 Å². The van der Waals surface area contributed by atoms with Crippen molar-refractivity contribution in [3.8, 4) is 0 Å². The van der Waals surface area contributed by atoms with Crippen molar-refractivity contribution in [2.45, 2.75) is 25.7 Å². The maximum absolute atomic E-state index is 11.1. The van der Waals surface area contributed by atoms with E-state index >= 15 is 0 Å². The van der Waals surface area contributed by atoms with Gasteiger partial charge in [0.25, 0.3) is 0 Å². The van der Waals surface area contributed by atoms with E-state index in [0.717, 1.165) is 34.4 Å². The summed E-state index contributed by atoms with van der Waals surface area (Å²) in [6, 6.07) is 0. The van der Waals surface area contributed by atoms with Gasteiger partial charge in [0.2, 0.25) is 0 Å². The molecule has 4 nitrogen and oxygen atoms in total. The summed E-state index contributed by atoms with van der Waals surface area (Å²) in [5.74, 6) is 0.571. The number of hydrogen-bond donors (Lipinski definition) is 2. The van der Waals surface area contributed by atoms with Crippen LogP contribution in [-0.4, -0.2) is 34.6 Å². The number of nitrogens with one attached hydrogen (secondary N) is 1. The van der Waals surface area contributed by atoms with Gasteiger partial charge in [-0.15, -0.1) is 11.3 Å². The molecule has 100 valence electrons. The smallest absolute Gasteiger partial charge is 0.312 e. The number of aromatic nitrogens is 1. The molecular formula is C12H18N2O2S2. The Bertz CT molecular complexity index is 434. The predicted molar refractivity (Wildman–Crippen MR) is 76.8 cm³/mol. The molecule has 18 heavy (non-hydrogen) atoms. The maximum atomic E-state index is 11.1. The van der Waals surface area contributed by atoms with Gasteiger partial charge < -0.3 is 10.4 Å². The average Bonchev–Trinajstić information content (AvgIpc) is 2.85. The third kappa shape index (κ3) is 2.98. The van der Waals surface area contributed by atoms with Crippen LogP contribution in [0, 0.1) is 5.92 Å². The monoisotopic (exact) mass is 286 g/mol. The van der Waals surface area contributed by atoms with E-state index in [-0.39, 0.29) is 0 Å². The van der Waals surface area contributed by atoms with Crippen molar-refractivity contribution < 1.29 is 9.90 Å². The lowest BCUT2D eigenvalue weighted by molar-refractivity contribution is -0.138. The number of nitrogens with zero attached hydrogens (tertiary/aromatic N) is 1. The van der Waals surface area contributed by atoms with E-state index in [1.54, 1.807) is 11.3 Å². The Balaban J connectivity index is 1.97. The van der Waals surface area contributed by atoms with Crippen molar-refractivity contribution in [2.75, 3.05) is 23.9 Å². The average molecular weight is 286 g/mol. The molecule has 1 aliphatic rings. The van der Waals surface area contributed by atoms with Crippen LogP contribution in [0.2, 0.25) is 0 Å². The predicted octanol–water partition coefficient (Wildman–Crippen LogP) is 2.67. The highest BCUT2D eigenvalue weighted by molar-refractivity contribution is 7.98. The molecule has 1 aliphatic carbocycles. The topological polar surface area (TPSA) is 62.2 Å². The Morgan fingerprint density at radius 2 is 2.50 bits per heavy atom. The first-order chi connectivity index (χ1) is 8.61. The number of hydrogen-bond acceptors (Lipinski definition) is 5. The second-order valence-corrected chi connectivity index (χ2v) is 6.69. The molecule has 0 radical (unpaired) electrons. The molecule has 1 heterocycles. The quantitative estimate of drug-likeness (QED) is 0.842. The summed E-state index contributed by atoms with van der Waals surface area (Å²) in [6.45, 7) is 3.09. The SMILES string of the molecule is CSCC(C)CNc1nc2c(s1)CCC2C(=O)O. The van der Waals surface area contributed by atoms with Gasteiger partial charge in [-0.25, -0.2) is 4.98 Å². The molecule has 0 amide bonds. The fourth-order valence-electron chi connectivity index (χ4n) is 2.15. The van der Waals surface area contributed by atoms with E-state index in [4.69, 9.17) is 5.11 Å². The van der Waals surface area contributed by atoms with Gasteiger partial charge >= 0.3 is 5.97 Å². The molecule has 2 N–H and O–H groups in total. The number of aryl methyl sites for hydroxylation is 1. The van der Waals surface area contributed by atoms with Crippen LogP contribution < -0.4 is 5.32 Å². The van der Waals surface area contributed by atoms with E-state index < -0.39 is 11.9 Å². The lowest BCUT2D eigenvalue weighted by Gasteiger charge is -2.10. The van der Waals surface area contributed by atoms with Crippen LogP contribution in [0.5, 0.6) is 0 Å². The number of carbonyl (C=O) groups is 1. The van der Waals surface area contributed by atoms with Crippen molar-refractivity contribution in [2.24, 2.45) is 5.92 Å². The third-order valence-corrected chi connectivity index (χ3v) is 5.06. The minimum Gasteiger partial charge on any atom is -0.481 e. The number of thioether (sulfide) groups is 1. The molecule has 0 saturated heterocycles. The van der Waals surface area contributed by atoms with Crippen molar-refractivity contribution in [1.82, 2.24) is 4.98 Å². The number of thiazole rings is 1. The van der Waals surface area contributed by atoms with Crippen LogP contribution in [0.1, 0.15) is 29.8 Å². The molecule has 1 aromatic heterocycles. The van der Waals surface area contributed by atoms with E-state index in [2.05, 4.69) is 23.5 Å². The molecule has 0 saturated carbocycles. The van der Waals surface area contributed by atoms with Crippen molar-refractivity contribution >= 4 is 34.2 Å². The molecule has 2 atom stereocenters. The van der Waals surface area contributed by atoms with E-state index in [1.807, 2.05) is 11.8 Å². The molecule has 0 aromatic carbocycles. The van der Waals surface area contributed by atoms with E-state index in [1.165, 1.54) is 0 Å². The first kappa shape index (κ1) is 13.7. The fourth-order valence-corrected chi connectivity index (χ4v) is 3.88. The second-order valence-electron chi connectivity index (χ2n) is 4.70. The molecule has 0 bridgehead atoms. The summed E-state index contributed by atoms with van der Waals surface area (Å²) in [7, 11) is 0. The summed E-state index contributed by atoms with van der Waals surface area (Å²) in [5, 5.41) is 13.3. The number of anilines is 1. The van der Waals surface area contributed by atoms with Crippen LogP contribution in [0.25, 0.3) is 0 Å². The standard InChI is InChI=1S/C12H18N2O2S2/c1-7(6-17-2)5-13-12-14-10-8(11(15)16)3-4-9(10)18-12/h7-8H,3-6H2,1-2H3,(H,13,14)(H,15,16). The van der Waals surface area contributed by atoms with Crippen LogP contribution in [0.4, 0.5) is 5.13 Å². The first-order valence-electron chi connectivity index (χ1n) is 6.07. The number of aliphatic carboxylic acids is 1. The zero-order valence-electron chi connectivity index (χ0n) is 10.6. The molecular weight excluding hydrogens is 268 g/mol. The van der Waals surface area contributed by atoms with Gasteiger partial charge in [-0.3, -0.25) is 4.79 Å². The molecule has 2 unspecified atom stereocenters. The molecule has 0 aliphatic heterocycles. The van der Waals surface area contributed by atoms with Crippen molar-refractivity contribution in [3.05, 3.63) is 10.6 Å². The van der Waals surface area contributed by atoms with Crippen LogP contribution in [-0.2, 0) is 11.2 Å². The third-order valence-electron chi connectivity index (χ3n) is 3.07. The van der Waals surface area contributed by atoms with Gasteiger partial charge in [0.05, 0.1) is 5.69 Å². The summed E-state index contributed by atoms with van der Waals surface area (Å²) >= 11 is 3.45. The lowest BCUT2D eigenvalue weighted by Crippen LogP contribution is -2.13. The zero-order valence-corrected chi connectivity index (χ0v) is 12.2. The van der Waals surface area contributed by atoms with Gasteiger partial charge in [-0.2, -0.15) is 11.8 Å². The first-order valence-corrected chi connectivity index (χ1v) is 8.28. The normalized spacial score (nSPS) is 19.6. The second kappa shape index (κ2) is 5.93. The summed E-state index contributed by atoms with van der Waals surface area (Å²) < 4.78 is 0. The number of carboxylic acids is 1. The molecule has 2 rings (SSSR count). The minimum absolute atomic E-state index is 0.393. The highest BCUT2D eigenvalue weighted by atomic mass is 32.2. The highest BCUT2D eigenvalue weighted by Crippen LogP contribution is 2.38. The van der Waals surface area contributed by atoms with Crippen LogP contribution in [0.15, 0.2) is 0 Å². The largest absolute Gasteiger partial charge is 0.481 e. The van der Waals surface area contributed by atoms with Gasteiger partial charge in [0.15, 0.2) is 5.13 Å².